The number of carbonyl (C=O) groups is 5. The summed E-state index contributed by atoms with van der Waals surface area (Å²) >= 11 is 0. The number of para-hydroxylation sites is 1. The summed E-state index contributed by atoms with van der Waals surface area (Å²) in [6.45, 7) is 1.45. The molecule has 0 radical (unpaired) electrons. The number of aromatic hydroxyl groups is 1. The van der Waals surface area contributed by atoms with Crippen LogP contribution in [-0.4, -0.2) is 75.0 Å². The quantitative estimate of drug-likeness (QED) is 0.0709. The van der Waals surface area contributed by atoms with Crippen LogP contribution in [0.1, 0.15) is 29.2 Å². The molecule has 0 aliphatic rings. The van der Waals surface area contributed by atoms with Gasteiger partial charge in [-0.05, 0) is 53.8 Å². The van der Waals surface area contributed by atoms with Crippen molar-refractivity contribution in [1.82, 2.24) is 26.3 Å². The van der Waals surface area contributed by atoms with Gasteiger partial charge in [-0.2, -0.15) is 0 Å². The van der Waals surface area contributed by atoms with Gasteiger partial charge in [-0.15, -0.1) is 0 Å². The van der Waals surface area contributed by atoms with Crippen LogP contribution in [0.25, 0.3) is 10.9 Å². The summed E-state index contributed by atoms with van der Waals surface area (Å²) in [5.74, 6) is -3.82. The minimum absolute atomic E-state index is 0.0303. The molecule has 4 amide bonds. The first-order chi connectivity index (χ1) is 26.0. The summed E-state index contributed by atoms with van der Waals surface area (Å²) in [5.41, 5.74) is 9.97. The third kappa shape index (κ3) is 10.8. The molecule has 13 heteroatoms. The van der Waals surface area contributed by atoms with Crippen molar-refractivity contribution in [2.45, 2.75) is 62.8 Å². The molecule has 5 rings (SSSR count). The highest BCUT2D eigenvalue weighted by Crippen LogP contribution is 2.20. The fourth-order valence-electron chi connectivity index (χ4n) is 6.04. The van der Waals surface area contributed by atoms with E-state index in [9.17, 15) is 34.2 Å². The summed E-state index contributed by atoms with van der Waals surface area (Å²) in [5, 5.41) is 31.0. The lowest BCUT2D eigenvalue weighted by atomic mass is 10.0. The summed E-state index contributed by atoms with van der Waals surface area (Å²) in [6, 6.07) is 25.8. The van der Waals surface area contributed by atoms with Crippen LogP contribution in [-0.2, 0) is 49.7 Å². The molecular weight excluding hydrogens is 688 g/mol. The maximum Gasteiger partial charge on any atom is 0.326 e. The maximum atomic E-state index is 13.8. The van der Waals surface area contributed by atoms with Crippen LogP contribution in [0.3, 0.4) is 0 Å². The predicted molar refractivity (Wildman–Crippen MR) is 203 cm³/mol. The first-order valence-electron chi connectivity index (χ1n) is 17.6. The van der Waals surface area contributed by atoms with Crippen molar-refractivity contribution in [3.8, 4) is 5.75 Å². The Morgan fingerprint density at radius 1 is 0.593 bits per heavy atom. The van der Waals surface area contributed by atoms with Crippen molar-refractivity contribution < 1.29 is 34.2 Å². The highest BCUT2D eigenvalue weighted by molar-refractivity contribution is 5.96. The van der Waals surface area contributed by atoms with Crippen LogP contribution in [0.2, 0.25) is 0 Å². The molecule has 13 nitrogen and oxygen atoms in total. The van der Waals surface area contributed by atoms with E-state index in [2.05, 4.69) is 26.3 Å². The molecule has 0 unspecified atom stereocenters. The third-order valence-corrected chi connectivity index (χ3v) is 9.03. The van der Waals surface area contributed by atoms with Crippen LogP contribution in [0.15, 0.2) is 115 Å². The topological polar surface area (TPSA) is 216 Å². The van der Waals surface area contributed by atoms with E-state index in [0.717, 1.165) is 22.0 Å². The van der Waals surface area contributed by atoms with Gasteiger partial charge >= 0.3 is 5.97 Å². The number of hydrogen-bond acceptors (Lipinski definition) is 7. The number of nitrogens with one attached hydrogen (secondary N) is 5. The van der Waals surface area contributed by atoms with Crippen LogP contribution >= 0.6 is 0 Å². The highest BCUT2D eigenvalue weighted by atomic mass is 16.4. The van der Waals surface area contributed by atoms with Crippen molar-refractivity contribution in [2.75, 3.05) is 0 Å². The Labute approximate surface area is 312 Å². The number of carboxylic acid groups (broad SMARTS) is 1. The lowest BCUT2D eigenvalue weighted by Gasteiger charge is -2.25. The summed E-state index contributed by atoms with van der Waals surface area (Å²) in [4.78, 5) is 69.7. The molecule has 9 N–H and O–H groups in total. The minimum Gasteiger partial charge on any atom is -0.508 e. The van der Waals surface area contributed by atoms with Gasteiger partial charge in [0.2, 0.25) is 23.6 Å². The number of fused-ring (bicyclic) bond motifs is 1. The van der Waals surface area contributed by atoms with Gasteiger partial charge in [-0.3, -0.25) is 19.2 Å². The number of carbonyl (C=O) groups excluding carboxylic acids is 4. The molecule has 0 saturated heterocycles. The van der Waals surface area contributed by atoms with Gasteiger partial charge in [0, 0.05) is 36.4 Å². The Kier molecular flexibility index (Phi) is 13.2. The second kappa shape index (κ2) is 18.3. The standard InChI is InChI=1S/C41H44N6O7/c1-25(37(49)45-34(21-26-10-4-2-5-11-26)40(52)47-36(41(53)54)22-27-12-6-3-7-13-27)44-39(51)35(23-29-24-43-33-15-9-8-14-31(29)33)46-38(50)32(42)20-28-16-18-30(48)19-17-28/h2-19,24-25,32,34-36,43,48H,20-23,42H2,1H3,(H,44,51)(H,45,49)(H,46,50)(H,47,52)(H,53,54)/t25-,32-,34-,35-,36-/m0/s1. The van der Waals surface area contributed by atoms with E-state index in [0.29, 0.717) is 11.1 Å². The molecule has 0 bridgehead atoms. The van der Waals surface area contributed by atoms with E-state index in [1.807, 2.05) is 24.3 Å². The SMILES string of the molecule is C[C@H](NC(=O)[C@H](Cc1c[nH]c2ccccc12)NC(=O)[C@@H](N)Cc1ccc(O)cc1)C(=O)N[C@@H](Cc1ccccc1)C(=O)N[C@@H](Cc1ccccc1)C(=O)O. The van der Waals surface area contributed by atoms with Crippen LogP contribution in [0, 0.1) is 0 Å². The number of H-pyrrole nitrogens is 1. The Morgan fingerprint density at radius 3 is 1.72 bits per heavy atom. The second-order valence-corrected chi connectivity index (χ2v) is 13.2. The van der Waals surface area contributed by atoms with Gasteiger partial charge in [-0.25, -0.2) is 4.79 Å². The number of benzene rings is 4. The molecule has 54 heavy (non-hydrogen) atoms. The Bertz CT molecular complexity index is 2050. The summed E-state index contributed by atoms with van der Waals surface area (Å²) in [7, 11) is 0. The number of rotatable bonds is 17. The molecule has 5 aromatic rings. The maximum absolute atomic E-state index is 13.8. The first-order valence-corrected chi connectivity index (χ1v) is 17.6. The van der Waals surface area contributed by atoms with Gasteiger partial charge in [0.1, 0.15) is 29.9 Å². The average molecular weight is 733 g/mol. The van der Waals surface area contributed by atoms with Crippen LogP contribution in [0.4, 0.5) is 0 Å². The number of nitrogens with two attached hydrogens (primary N) is 1. The molecule has 0 saturated carbocycles. The molecule has 1 heterocycles. The zero-order chi connectivity index (χ0) is 38.6. The van der Waals surface area contributed by atoms with E-state index in [-0.39, 0.29) is 31.4 Å². The molecule has 0 spiro atoms. The normalized spacial score (nSPS) is 13.8. The van der Waals surface area contributed by atoms with Gasteiger partial charge in [0.15, 0.2) is 0 Å². The molecule has 4 aromatic carbocycles. The highest BCUT2D eigenvalue weighted by Gasteiger charge is 2.31. The monoisotopic (exact) mass is 732 g/mol. The lowest BCUT2D eigenvalue weighted by Crippen LogP contribution is -2.58. The van der Waals surface area contributed by atoms with E-state index in [1.54, 1.807) is 79.0 Å². The van der Waals surface area contributed by atoms with E-state index >= 15 is 0 Å². The number of hydrogen-bond donors (Lipinski definition) is 8. The zero-order valence-corrected chi connectivity index (χ0v) is 29.7. The summed E-state index contributed by atoms with van der Waals surface area (Å²) < 4.78 is 0. The Morgan fingerprint density at radius 2 is 1.09 bits per heavy atom. The van der Waals surface area contributed by atoms with Gasteiger partial charge in [0.05, 0.1) is 6.04 Å². The minimum atomic E-state index is -1.26. The molecule has 1 aromatic heterocycles. The molecule has 0 aliphatic heterocycles. The van der Waals surface area contributed by atoms with Crippen LogP contribution < -0.4 is 27.0 Å². The van der Waals surface area contributed by atoms with Crippen molar-refractivity contribution in [3.63, 3.8) is 0 Å². The van der Waals surface area contributed by atoms with Crippen molar-refractivity contribution in [3.05, 3.63) is 138 Å². The average Bonchev–Trinajstić information content (AvgIpc) is 3.58. The lowest BCUT2D eigenvalue weighted by molar-refractivity contribution is -0.142. The number of phenols is 1. The fraction of sp³-hybridized carbons (Fsp3) is 0.244. The molecule has 5 atom stereocenters. The van der Waals surface area contributed by atoms with Gasteiger partial charge in [-0.1, -0.05) is 91.0 Å². The fourth-order valence-corrected chi connectivity index (χ4v) is 6.04. The molecule has 0 aliphatic carbocycles. The van der Waals surface area contributed by atoms with Crippen molar-refractivity contribution in [2.24, 2.45) is 5.73 Å². The van der Waals surface area contributed by atoms with Crippen LogP contribution in [0.5, 0.6) is 5.75 Å². The van der Waals surface area contributed by atoms with E-state index in [4.69, 9.17) is 5.73 Å². The number of aromatic nitrogens is 1. The Balaban J connectivity index is 1.30. The predicted octanol–water partition coefficient (Wildman–Crippen LogP) is 2.52. The molecule has 0 fully saturated rings. The first kappa shape index (κ1) is 38.8. The number of aliphatic carboxylic acids is 1. The summed E-state index contributed by atoms with van der Waals surface area (Å²) in [6.07, 6.45) is 2.04. The van der Waals surface area contributed by atoms with Gasteiger partial charge in [0.25, 0.3) is 0 Å². The molecular formula is C41H44N6O7. The Hall–Kier alpha value is -6.47. The smallest absolute Gasteiger partial charge is 0.326 e. The number of amides is 4. The zero-order valence-electron chi connectivity index (χ0n) is 29.7. The number of carboxylic acids is 1. The second-order valence-electron chi connectivity index (χ2n) is 13.2. The van der Waals surface area contributed by atoms with Crippen molar-refractivity contribution in [1.29, 1.82) is 0 Å². The van der Waals surface area contributed by atoms with Crippen molar-refractivity contribution >= 4 is 40.5 Å². The van der Waals surface area contributed by atoms with E-state index < -0.39 is 59.8 Å². The van der Waals surface area contributed by atoms with E-state index in [1.165, 1.54) is 19.1 Å². The number of aromatic amines is 1. The largest absolute Gasteiger partial charge is 0.508 e. The molecule has 280 valence electrons. The number of phenolic OH excluding ortho intramolecular Hbond substituents is 1. The van der Waals surface area contributed by atoms with Gasteiger partial charge < -0.3 is 42.2 Å². The third-order valence-electron chi connectivity index (χ3n) is 9.03.